The molecule has 0 radical (unpaired) electrons. The molecule has 1 rings (SSSR count). The molecule has 0 spiro atoms. The van der Waals surface area contributed by atoms with E-state index in [4.69, 9.17) is 8.85 Å². The zero-order valence-electron chi connectivity index (χ0n) is 12.2. The minimum Gasteiger partial charge on any atom is -0.394 e. The van der Waals surface area contributed by atoms with Crippen LogP contribution in [-0.2, 0) is 15.3 Å². The molecular weight excluding hydrogens is 252 g/mol. The van der Waals surface area contributed by atoms with Gasteiger partial charge in [0.05, 0.1) is 0 Å². The summed E-state index contributed by atoms with van der Waals surface area (Å²) in [4.78, 5) is 0. The minimum absolute atomic E-state index is 0.809. The average Bonchev–Trinajstić information content (AvgIpc) is 2.46. The number of benzene rings is 1. The molecule has 1 aromatic carbocycles. The van der Waals surface area contributed by atoms with Crippen LogP contribution < -0.4 is 0 Å². The summed E-state index contributed by atoms with van der Waals surface area (Å²) >= 11 is 0. The first-order valence-corrected chi connectivity index (χ1v) is 8.91. The Hall–Kier alpha value is -0.903. The van der Waals surface area contributed by atoms with Gasteiger partial charge in [-0.15, -0.1) is 0 Å². The third-order valence-electron chi connectivity index (χ3n) is 2.71. The van der Waals surface area contributed by atoms with E-state index in [0.717, 1.165) is 38.9 Å². The summed E-state index contributed by atoms with van der Waals surface area (Å²) in [6, 6.07) is 10.6. The van der Waals surface area contributed by atoms with Crippen LogP contribution in [0.3, 0.4) is 0 Å². The Morgan fingerprint density at radius 2 is 1.63 bits per heavy atom. The van der Waals surface area contributed by atoms with Crippen LogP contribution in [0.5, 0.6) is 0 Å². The normalized spacial score (nSPS) is 11.5. The molecule has 1 aromatic rings. The van der Waals surface area contributed by atoms with E-state index in [1.54, 1.807) is 0 Å². The summed E-state index contributed by atoms with van der Waals surface area (Å²) in [7, 11) is -1.58. The van der Waals surface area contributed by atoms with Gasteiger partial charge in [-0.3, -0.25) is 0 Å². The van der Waals surface area contributed by atoms with Gasteiger partial charge in [-0.25, -0.2) is 0 Å². The Morgan fingerprint density at radius 1 is 1.00 bits per heavy atom. The van der Waals surface area contributed by atoms with E-state index in [0.29, 0.717) is 0 Å². The van der Waals surface area contributed by atoms with E-state index in [9.17, 15) is 0 Å². The highest BCUT2D eigenvalue weighted by Crippen LogP contribution is 2.04. The molecule has 0 amide bonds. The Morgan fingerprint density at radius 3 is 2.21 bits per heavy atom. The van der Waals surface area contributed by atoms with Crippen LogP contribution in [0.25, 0.3) is 0 Å². The molecule has 0 unspecified atom stereocenters. The number of hydrogen-bond donors (Lipinski definition) is 0. The molecule has 3 heteroatoms. The van der Waals surface area contributed by atoms with Gasteiger partial charge in [0.15, 0.2) is 0 Å². The lowest BCUT2D eigenvalue weighted by atomic mass is 10.1. The van der Waals surface area contributed by atoms with Crippen LogP contribution in [-0.4, -0.2) is 22.5 Å². The fourth-order valence-corrected chi connectivity index (χ4v) is 3.40. The van der Waals surface area contributed by atoms with Crippen LogP contribution in [0, 0.1) is 0 Å². The molecule has 0 aromatic heterocycles. The Kier molecular flexibility index (Phi) is 9.32. The zero-order valence-corrected chi connectivity index (χ0v) is 13.3. The second-order valence-corrected chi connectivity index (χ2v) is 6.35. The Balaban J connectivity index is 2.29. The van der Waals surface area contributed by atoms with Gasteiger partial charge in [-0.05, 0) is 36.9 Å². The lowest BCUT2D eigenvalue weighted by Crippen LogP contribution is -2.21. The first-order chi connectivity index (χ1) is 9.36. The van der Waals surface area contributed by atoms with Crippen molar-refractivity contribution < 1.29 is 8.85 Å². The van der Waals surface area contributed by atoms with Gasteiger partial charge < -0.3 is 8.85 Å². The highest BCUT2D eigenvalue weighted by Gasteiger charge is 2.07. The number of hydrogen-bond acceptors (Lipinski definition) is 2. The van der Waals surface area contributed by atoms with Gasteiger partial charge in [0.1, 0.15) is 0 Å². The van der Waals surface area contributed by atoms with E-state index < -0.39 is 9.28 Å². The molecule has 0 saturated heterocycles. The van der Waals surface area contributed by atoms with E-state index in [1.807, 2.05) is 0 Å². The minimum atomic E-state index is -1.58. The second-order valence-electron chi connectivity index (χ2n) is 4.56. The number of allylic oxidation sites excluding steroid dienone is 1. The van der Waals surface area contributed by atoms with Crippen molar-refractivity contribution in [3.63, 3.8) is 0 Å². The van der Waals surface area contributed by atoms with Crippen molar-refractivity contribution in [3.8, 4) is 0 Å². The third-order valence-corrected chi connectivity index (χ3v) is 4.42. The molecule has 0 fully saturated rings. The Labute approximate surface area is 119 Å². The number of aryl methyl sites for hydroxylation is 1. The monoisotopic (exact) mass is 278 g/mol. The van der Waals surface area contributed by atoms with Crippen molar-refractivity contribution in [1.82, 2.24) is 0 Å². The largest absolute Gasteiger partial charge is 0.394 e. The molecule has 0 aliphatic rings. The summed E-state index contributed by atoms with van der Waals surface area (Å²) in [5.41, 5.74) is 3.56. The maximum Gasteiger partial charge on any atom is 0.348 e. The smallest absolute Gasteiger partial charge is 0.348 e. The van der Waals surface area contributed by atoms with E-state index in [1.165, 1.54) is 5.56 Å². The van der Waals surface area contributed by atoms with Gasteiger partial charge in [0.25, 0.3) is 0 Å². The molecule has 2 nitrogen and oxygen atoms in total. The molecule has 0 N–H and O–H groups in total. The highest BCUT2D eigenvalue weighted by molar-refractivity contribution is 6.50. The first kappa shape index (κ1) is 16.2. The van der Waals surface area contributed by atoms with Crippen molar-refractivity contribution in [2.24, 2.45) is 0 Å². The van der Waals surface area contributed by atoms with Crippen LogP contribution in [0.2, 0.25) is 0 Å². The van der Waals surface area contributed by atoms with Crippen molar-refractivity contribution >= 4 is 9.28 Å². The second kappa shape index (κ2) is 11.0. The SMILES string of the molecule is CCCO[SiH](C=CCCc1ccccc1)OCCC. The topological polar surface area (TPSA) is 18.5 Å². The molecule has 0 saturated carbocycles. The van der Waals surface area contributed by atoms with Crippen LogP contribution in [0.4, 0.5) is 0 Å². The van der Waals surface area contributed by atoms with E-state index in [-0.39, 0.29) is 0 Å². The van der Waals surface area contributed by atoms with Crippen molar-refractivity contribution in [1.29, 1.82) is 0 Å². The van der Waals surface area contributed by atoms with Crippen LogP contribution >= 0.6 is 0 Å². The molecule has 19 heavy (non-hydrogen) atoms. The quantitative estimate of drug-likeness (QED) is 0.606. The predicted octanol–water partition coefficient (Wildman–Crippen LogP) is 3.79. The van der Waals surface area contributed by atoms with Gasteiger partial charge in [-0.1, -0.05) is 50.3 Å². The molecule has 0 aliphatic heterocycles. The first-order valence-electron chi connectivity index (χ1n) is 7.30. The molecule has 0 heterocycles. The molecule has 0 bridgehead atoms. The summed E-state index contributed by atoms with van der Waals surface area (Å²) < 4.78 is 11.6. The predicted molar refractivity (Wildman–Crippen MR) is 83.5 cm³/mol. The average molecular weight is 278 g/mol. The third kappa shape index (κ3) is 7.98. The molecule has 106 valence electrons. The molecule has 0 atom stereocenters. The van der Waals surface area contributed by atoms with E-state index >= 15 is 0 Å². The standard InChI is InChI=1S/C16H26O2Si/c1-3-13-17-19(18-14-4-2)15-9-8-12-16-10-6-5-7-11-16/h5-7,9-11,15,19H,3-4,8,12-14H2,1-2H3. The lowest BCUT2D eigenvalue weighted by molar-refractivity contribution is 0.206. The van der Waals surface area contributed by atoms with Crippen molar-refractivity contribution in [3.05, 3.63) is 47.7 Å². The molecule has 0 aliphatic carbocycles. The maximum atomic E-state index is 5.78. The van der Waals surface area contributed by atoms with Crippen LogP contribution in [0.15, 0.2) is 42.1 Å². The summed E-state index contributed by atoms with van der Waals surface area (Å²) in [6.45, 7) is 5.88. The van der Waals surface area contributed by atoms with Crippen molar-refractivity contribution in [2.45, 2.75) is 39.5 Å². The summed E-state index contributed by atoms with van der Waals surface area (Å²) in [6.07, 6.45) is 6.46. The van der Waals surface area contributed by atoms with Gasteiger partial charge in [-0.2, -0.15) is 0 Å². The highest BCUT2D eigenvalue weighted by atomic mass is 28.3. The summed E-state index contributed by atoms with van der Waals surface area (Å²) in [5.74, 6) is 0. The van der Waals surface area contributed by atoms with Gasteiger partial charge in [0.2, 0.25) is 0 Å². The van der Waals surface area contributed by atoms with Gasteiger partial charge in [0, 0.05) is 13.2 Å². The number of rotatable bonds is 10. The fourth-order valence-electron chi connectivity index (χ4n) is 1.73. The zero-order chi connectivity index (χ0) is 13.8. The lowest BCUT2D eigenvalue weighted by Gasteiger charge is -2.12. The fraction of sp³-hybridized carbons (Fsp3) is 0.500. The maximum absolute atomic E-state index is 5.78. The van der Waals surface area contributed by atoms with E-state index in [2.05, 4.69) is 56.0 Å². The van der Waals surface area contributed by atoms with Crippen molar-refractivity contribution in [2.75, 3.05) is 13.2 Å². The van der Waals surface area contributed by atoms with Gasteiger partial charge >= 0.3 is 9.28 Å². The Bertz CT molecular complexity index is 330. The molecular formula is C16H26O2Si. The summed E-state index contributed by atoms with van der Waals surface area (Å²) in [5, 5.41) is 0. The van der Waals surface area contributed by atoms with Crippen LogP contribution in [0.1, 0.15) is 38.7 Å².